The highest BCUT2D eigenvalue weighted by Crippen LogP contribution is 2.29. The molecule has 0 unspecified atom stereocenters. The molecule has 4 rings (SSSR count). The molecule has 0 saturated heterocycles. The zero-order valence-corrected chi connectivity index (χ0v) is 18.4. The summed E-state index contributed by atoms with van der Waals surface area (Å²) < 4.78 is 38.3. The van der Waals surface area contributed by atoms with Crippen molar-refractivity contribution in [2.45, 2.75) is 24.8 Å². The number of hydrogen-bond acceptors (Lipinski definition) is 7. The molecular weight excluding hydrogens is 416 g/mol. The van der Waals surface area contributed by atoms with E-state index >= 15 is 0 Å². The Hall–Kier alpha value is -3.17. The van der Waals surface area contributed by atoms with Crippen molar-refractivity contribution in [1.82, 2.24) is 14.3 Å². The molecule has 3 aromatic rings. The fraction of sp³-hybridized carbons (Fsp3) is 0.273. The summed E-state index contributed by atoms with van der Waals surface area (Å²) in [7, 11) is -0.399. The Bertz CT molecular complexity index is 1190. The van der Waals surface area contributed by atoms with E-state index in [9.17, 15) is 8.42 Å². The first kappa shape index (κ1) is 21.1. The minimum absolute atomic E-state index is 0.249. The van der Waals surface area contributed by atoms with Gasteiger partial charge in [0.1, 0.15) is 11.5 Å². The molecule has 0 saturated carbocycles. The molecule has 1 N–H and O–H groups in total. The molecule has 0 spiro atoms. The van der Waals surface area contributed by atoms with Crippen LogP contribution in [-0.4, -0.2) is 43.5 Å². The maximum Gasteiger partial charge on any atom is 0.243 e. The van der Waals surface area contributed by atoms with Gasteiger partial charge in [0.25, 0.3) is 0 Å². The topological polar surface area (TPSA) is 93.6 Å². The monoisotopic (exact) mass is 440 g/mol. The van der Waals surface area contributed by atoms with Crippen LogP contribution in [0.4, 0.5) is 11.6 Å². The number of aryl methyl sites for hydroxylation is 1. The normalized spacial score (nSPS) is 14.0. The van der Waals surface area contributed by atoms with Gasteiger partial charge in [-0.2, -0.15) is 4.31 Å². The molecule has 0 radical (unpaired) electrons. The fourth-order valence-corrected chi connectivity index (χ4v) is 5.19. The molecule has 9 heteroatoms. The van der Waals surface area contributed by atoms with Gasteiger partial charge in [0.05, 0.1) is 24.8 Å². The van der Waals surface area contributed by atoms with E-state index in [-0.39, 0.29) is 6.54 Å². The van der Waals surface area contributed by atoms with Gasteiger partial charge in [0.15, 0.2) is 0 Å². The van der Waals surface area contributed by atoms with Crippen LogP contribution in [0.15, 0.2) is 53.6 Å². The van der Waals surface area contributed by atoms with Crippen LogP contribution in [0.1, 0.15) is 16.8 Å². The Morgan fingerprint density at radius 2 is 1.77 bits per heavy atom. The van der Waals surface area contributed by atoms with Crippen LogP contribution in [0, 0.1) is 6.92 Å². The van der Waals surface area contributed by atoms with Crippen molar-refractivity contribution in [3.63, 3.8) is 0 Å². The van der Waals surface area contributed by atoms with E-state index < -0.39 is 10.0 Å². The lowest BCUT2D eigenvalue weighted by Gasteiger charge is -2.28. The number of hydrogen-bond donors (Lipinski definition) is 1. The van der Waals surface area contributed by atoms with E-state index in [0.29, 0.717) is 35.3 Å². The average molecular weight is 441 g/mol. The molecule has 1 aromatic heterocycles. The van der Waals surface area contributed by atoms with Crippen molar-refractivity contribution in [2.75, 3.05) is 26.1 Å². The Kier molecular flexibility index (Phi) is 5.79. The van der Waals surface area contributed by atoms with E-state index in [1.165, 1.54) is 4.31 Å². The maximum atomic E-state index is 13.1. The Morgan fingerprint density at radius 3 is 2.45 bits per heavy atom. The lowest BCUT2D eigenvalue weighted by Crippen LogP contribution is -2.36. The van der Waals surface area contributed by atoms with E-state index in [0.717, 1.165) is 22.5 Å². The van der Waals surface area contributed by atoms with Gasteiger partial charge in [-0.3, -0.25) is 0 Å². The van der Waals surface area contributed by atoms with Gasteiger partial charge in [-0.05, 0) is 18.6 Å². The largest absolute Gasteiger partial charge is 0.497 e. The Morgan fingerprint density at radius 1 is 1.06 bits per heavy atom. The SMILES string of the molecule is COc1cc(Nc2ncc3c(n2)CCN(S(=O)(=O)c2ccccc2C)C3)cc(OC)c1. The number of nitrogens with zero attached hydrogens (tertiary/aromatic N) is 3. The number of sulfonamides is 1. The highest BCUT2D eigenvalue weighted by atomic mass is 32.2. The fourth-order valence-electron chi connectivity index (χ4n) is 3.55. The molecule has 1 aliphatic rings. The number of aromatic nitrogens is 2. The number of methoxy groups -OCH3 is 2. The molecule has 0 bridgehead atoms. The van der Waals surface area contributed by atoms with E-state index in [2.05, 4.69) is 15.3 Å². The number of nitrogens with one attached hydrogen (secondary N) is 1. The lowest BCUT2D eigenvalue weighted by atomic mass is 10.1. The molecule has 0 aliphatic carbocycles. The number of ether oxygens (including phenoxy) is 2. The second kappa shape index (κ2) is 8.52. The smallest absolute Gasteiger partial charge is 0.243 e. The molecular formula is C22H24N4O4S. The first-order valence-corrected chi connectivity index (χ1v) is 11.3. The maximum absolute atomic E-state index is 13.1. The van der Waals surface area contributed by atoms with Gasteiger partial charge in [-0.25, -0.2) is 18.4 Å². The van der Waals surface area contributed by atoms with Crippen molar-refractivity contribution in [3.05, 3.63) is 65.5 Å². The van der Waals surface area contributed by atoms with Crippen molar-refractivity contribution in [1.29, 1.82) is 0 Å². The number of fused-ring (bicyclic) bond motifs is 1. The average Bonchev–Trinajstić information content (AvgIpc) is 2.78. The van der Waals surface area contributed by atoms with Crippen molar-refractivity contribution in [3.8, 4) is 11.5 Å². The first-order chi connectivity index (χ1) is 14.9. The van der Waals surface area contributed by atoms with Gasteiger partial charge in [0, 0.05) is 55.2 Å². The van der Waals surface area contributed by atoms with Crippen LogP contribution in [0.5, 0.6) is 11.5 Å². The zero-order valence-electron chi connectivity index (χ0n) is 17.6. The van der Waals surface area contributed by atoms with Crippen LogP contribution >= 0.6 is 0 Å². The third-order valence-corrected chi connectivity index (χ3v) is 7.22. The predicted octanol–water partition coefficient (Wildman–Crippen LogP) is 3.29. The minimum Gasteiger partial charge on any atom is -0.497 e. The predicted molar refractivity (Wildman–Crippen MR) is 117 cm³/mol. The standard InChI is InChI=1S/C22H24N4O4S/c1-15-6-4-5-7-21(15)31(27,28)26-9-8-20-16(14-26)13-23-22(25-20)24-17-10-18(29-2)12-19(11-17)30-3/h4-7,10-13H,8-9,14H2,1-3H3,(H,23,24,25). The third kappa shape index (κ3) is 4.33. The molecule has 0 amide bonds. The zero-order chi connectivity index (χ0) is 22.0. The molecule has 2 aromatic carbocycles. The number of rotatable bonds is 6. The lowest BCUT2D eigenvalue weighted by molar-refractivity contribution is 0.387. The minimum atomic E-state index is -3.58. The molecule has 2 heterocycles. The summed E-state index contributed by atoms with van der Waals surface area (Å²) in [4.78, 5) is 9.32. The van der Waals surface area contributed by atoms with Crippen molar-refractivity contribution >= 4 is 21.7 Å². The summed E-state index contributed by atoms with van der Waals surface area (Å²) in [5.74, 6) is 1.73. The highest BCUT2D eigenvalue weighted by molar-refractivity contribution is 7.89. The number of benzene rings is 2. The van der Waals surface area contributed by atoms with Crippen molar-refractivity contribution < 1.29 is 17.9 Å². The van der Waals surface area contributed by atoms with Gasteiger partial charge in [0.2, 0.25) is 16.0 Å². The summed E-state index contributed by atoms with van der Waals surface area (Å²) >= 11 is 0. The van der Waals surface area contributed by atoms with Crippen molar-refractivity contribution in [2.24, 2.45) is 0 Å². The van der Waals surface area contributed by atoms with E-state index in [4.69, 9.17) is 9.47 Å². The van der Waals surface area contributed by atoms with Gasteiger partial charge in [-0.15, -0.1) is 0 Å². The van der Waals surface area contributed by atoms with E-state index in [1.807, 2.05) is 18.2 Å². The third-order valence-electron chi connectivity index (χ3n) is 5.22. The van der Waals surface area contributed by atoms with Crippen LogP contribution in [0.3, 0.4) is 0 Å². The summed E-state index contributed by atoms with van der Waals surface area (Å²) in [6.45, 7) is 2.42. The summed E-state index contributed by atoms with van der Waals surface area (Å²) in [6.07, 6.45) is 2.20. The van der Waals surface area contributed by atoms with Crippen LogP contribution < -0.4 is 14.8 Å². The second-order valence-electron chi connectivity index (χ2n) is 7.25. The molecule has 0 fully saturated rings. The molecule has 1 aliphatic heterocycles. The molecule has 31 heavy (non-hydrogen) atoms. The Labute approximate surface area is 181 Å². The van der Waals surface area contributed by atoms with Gasteiger partial charge >= 0.3 is 0 Å². The van der Waals surface area contributed by atoms with Gasteiger partial charge < -0.3 is 14.8 Å². The molecule has 8 nitrogen and oxygen atoms in total. The highest BCUT2D eigenvalue weighted by Gasteiger charge is 2.30. The van der Waals surface area contributed by atoms with Crippen LogP contribution in [-0.2, 0) is 23.0 Å². The number of anilines is 2. The van der Waals surface area contributed by atoms with Crippen LogP contribution in [0.2, 0.25) is 0 Å². The van der Waals surface area contributed by atoms with Gasteiger partial charge in [-0.1, -0.05) is 18.2 Å². The van der Waals surface area contributed by atoms with E-state index in [1.54, 1.807) is 51.6 Å². The molecule has 162 valence electrons. The second-order valence-corrected chi connectivity index (χ2v) is 9.15. The van der Waals surface area contributed by atoms with Crippen LogP contribution in [0.25, 0.3) is 0 Å². The quantitative estimate of drug-likeness (QED) is 0.629. The summed E-state index contributed by atoms with van der Waals surface area (Å²) in [6, 6.07) is 12.4. The summed E-state index contributed by atoms with van der Waals surface area (Å²) in [5.41, 5.74) is 3.11. The Balaban J connectivity index is 1.55. The molecule has 0 atom stereocenters. The summed E-state index contributed by atoms with van der Waals surface area (Å²) in [5, 5.41) is 3.16. The first-order valence-electron chi connectivity index (χ1n) is 9.81.